The van der Waals surface area contributed by atoms with Gasteiger partial charge in [0, 0.05) is 13.1 Å². The van der Waals surface area contributed by atoms with Crippen molar-refractivity contribution in [2.75, 3.05) is 13.2 Å². The van der Waals surface area contributed by atoms with E-state index < -0.39 is 6.04 Å². The Morgan fingerprint density at radius 2 is 1.74 bits per heavy atom. The Morgan fingerprint density at radius 1 is 1.03 bits per heavy atom. The monoisotopic (exact) mass is 424 g/mol. The second-order valence-electron chi connectivity index (χ2n) is 7.80. The summed E-state index contributed by atoms with van der Waals surface area (Å²) < 4.78 is 5.77. The summed E-state index contributed by atoms with van der Waals surface area (Å²) >= 11 is 0. The second kappa shape index (κ2) is 12.8. The number of ether oxygens (including phenoxy) is 1. The first-order chi connectivity index (χ1) is 15.0. The number of nitrogens with one attached hydrogen (secondary N) is 1. The van der Waals surface area contributed by atoms with Gasteiger partial charge in [0.05, 0.1) is 0 Å². The van der Waals surface area contributed by atoms with Crippen LogP contribution in [0.2, 0.25) is 0 Å². The number of rotatable bonds is 12. The van der Waals surface area contributed by atoms with Gasteiger partial charge in [0.2, 0.25) is 5.91 Å². The molecule has 0 aliphatic heterocycles. The number of amides is 2. The lowest BCUT2D eigenvalue weighted by atomic mass is 10.1. The van der Waals surface area contributed by atoms with Crippen LogP contribution < -0.4 is 10.1 Å². The Kier molecular flexibility index (Phi) is 10.1. The summed E-state index contributed by atoms with van der Waals surface area (Å²) in [5.74, 6) is 0.354. The molecule has 0 saturated carbocycles. The fourth-order valence-corrected chi connectivity index (χ4v) is 3.45. The van der Waals surface area contributed by atoms with E-state index in [-0.39, 0.29) is 18.4 Å². The van der Waals surface area contributed by atoms with Gasteiger partial charge in [-0.3, -0.25) is 9.59 Å². The van der Waals surface area contributed by atoms with Crippen molar-refractivity contribution in [2.45, 2.75) is 66.0 Å². The number of carbonyl (C=O) groups is 2. The molecular weight excluding hydrogens is 388 g/mol. The predicted molar refractivity (Wildman–Crippen MR) is 125 cm³/mol. The van der Waals surface area contributed by atoms with Crippen molar-refractivity contribution in [1.29, 1.82) is 0 Å². The molecule has 0 aliphatic rings. The minimum absolute atomic E-state index is 0.101. The highest BCUT2D eigenvalue weighted by atomic mass is 16.5. The average molecular weight is 425 g/mol. The molecule has 1 atom stereocenters. The van der Waals surface area contributed by atoms with E-state index in [1.54, 1.807) is 4.90 Å². The number of benzene rings is 2. The maximum absolute atomic E-state index is 13.2. The zero-order valence-electron chi connectivity index (χ0n) is 19.3. The highest BCUT2D eigenvalue weighted by Crippen LogP contribution is 2.17. The number of aryl methyl sites for hydroxylation is 2. The summed E-state index contributed by atoms with van der Waals surface area (Å²) in [5, 5.41) is 2.98. The summed E-state index contributed by atoms with van der Waals surface area (Å²) in [6, 6.07) is 15.2. The summed E-state index contributed by atoms with van der Waals surface area (Å²) in [6.07, 6.45) is 3.42. The SMILES string of the molecule is CCCCNC(=O)[C@H](CC)N(Cc1ccccc1C)C(=O)COc1ccc(CC)cc1. The van der Waals surface area contributed by atoms with Crippen molar-refractivity contribution in [3.8, 4) is 5.75 Å². The van der Waals surface area contributed by atoms with Crippen LogP contribution in [0.4, 0.5) is 0 Å². The first kappa shape index (κ1) is 24.4. The Morgan fingerprint density at radius 3 is 2.35 bits per heavy atom. The lowest BCUT2D eigenvalue weighted by Crippen LogP contribution is -2.50. The van der Waals surface area contributed by atoms with Crippen LogP contribution in [0.1, 0.15) is 56.7 Å². The van der Waals surface area contributed by atoms with Gasteiger partial charge < -0.3 is 15.0 Å². The quantitative estimate of drug-likeness (QED) is 0.504. The predicted octanol–water partition coefficient (Wildman–Crippen LogP) is 4.66. The Hall–Kier alpha value is -2.82. The molecule has 0 bridgehead atoms. The van der Waals surface area contributed by atoms with E-state index in [2.05, 4.69) is 19.2 Å². The van der Waals surface area contributed by atoms with Crippen LogP contribution in [0.5, 0.6) is 5.75 Å². The molecule has 5 heteroatoms. The van der Waals surface area contributed by atoms with Crippen molar-refractivity contribution >= 4 is 11.8 Å². The molecular formula is C26H36N2O3. The zero-order chi connectivity index (χ0) is 22.6. The van der Waals surface area contributed by atoms with Crippen molar-refractivity contribution in [1.82, 2.24) is 10.2 Å². The van der Waals surface area contributed by atoms with Crippen LogP contribution in [0.25, 0.3) is 0 Å². The van der Waals surface area contributed by atoms with E-state index in [0.717, 1.165) is 30.4 Å². The molecule has 0 saturated heterocycles. The molecule has 2 aromatic carbocycles. The molecule has 0 unspecified atom stereocenters. The van der Waals surface area contributed by atoms with Gasteiger partial charge in [-0.15, -0.1) is 0 Å². The standard InChI is InChI=1S/C26H36N2O3/c1-5-8-17-27-26(30)24(7-3)28(18-22-12-10-9-11-20(22)4)25(29)19-31-23-15-13-21(6-2)14-16-23/h9-16,24H,5-8,17-19H2,1-4H3,(H,27,30)/t24-/m0/s1. The summed E-state index contributed by atoms with van der Waals surface area (Å²) in [7, 11) is 0. The van der Waals surface area contributed by atoms with Crippen LogP contribution in [-0.2, 0) is 22.6 Å². The third-order valence-corrected chi connectivity index (χ3v) is 5.51. The number of unbranched alkanes of at least 4 members (excludes halogenated alkanes) is 1. The van der Waals surface area contributed by atoms with Gasteiger partial charge in [-0.25, -0.2) is 0 Å². The second-order valence-corrected chi connectivity index (χ2v) is 7.80. The minimum Gasteiger partial charge on any atom is -0.484 e. The van der Waals surface area contributed by atoms with Gasteiger partial charge >= 0.3 is 0 Å². The van der Waals surface area contributed by atoms with Gasteiger partial charge in [-0.2, -0.15) is 0 Å². The lowest BCUT2D eigenvalue weighted by molar-refractivity contribution is -0.143. The highest BCUT2D eigenvalue weighted by Gasteiger charge is 2.29. The first-order valence-electron chi connectivity index (χ1n) is 11.3. The smallest absolute Gasteiger partial charge is 0.261 e. The van der Waals surface area contributed by atoms with Gasteiger partial charge in [0.15, 0.2) is 6.61 Å². The number of hydrogen-bond donors (Lipinski definition) is 1. The fourth-order valence-electron chi connectivity index (χ4n) is 3.45. The van der Waals surface area contributed by atoms with E-state index in [4.69, 9.17) is 4.74 Å². The lowest BCUT2D eigenvalue weighted by Gasteiger charge is -2.31. The molecule has 31 heavy (non-hydrogen) atoms. The van der Waals surface area contributed by atoms with Crippen LogP contribution in [0, 0.1) is 6.92 Å². The van der Waals surface area contributed by atoms with Crippen molar-refractivity contribution in [3.05, 3.63) is 65.2 Å². The maximum Gasteiger partial charge on any atom is 0.261 e. The fraction of sp³-hybridized carbons (Fsp3) is 0.462. The van der Waals surface area contributed by atoms with E-state index in [1.165, 1.54) is 5.56 Å². The Labute approximate surface area is 186 Å². The van der Waals surface area contributed by atoms with Crippen LogP contribution in [0.3, 0.4) is 0 Å². The Balaban J connectivity index is 2.16. The molecule has 0 fully saturated rings. The molecule has 168 valence electrons. The molecule has 0 aromatic heterocycles. The third-order valence-electron chi connectivity index (χ3n) is 5.51. The summed E-state index contributed by atoms with van der Waals surface area (Å²) in [5.41, 5.74) is 3.34. The Bertz CT molecular complexity index is 833. The van der Waals surface area contributed by atoms with Gasteiger partial charge in [-0.1, -0.05) is 63.6 Å². The average Bonchev–Trinajstić information content (AvgIpc) is 2.79. The molecule has 0 aliphatic carbocycles. The molecule has 0 heterocycles. The first-order valence-corrected chi connectivity index (χ1v) is 11.3. The number of nitrogens with zero attached hydrogens (tertiary/aromatic N) is 1. The van der Waals surface area contributed by atoms with Crippen LogP contribution in [0.15, 0.2) is 48.5 Å². The van der Waals surface area contributed by atoms with Crippen molar-refractivity contribution in [3.63, 3.8) is 0 Å². The van der Waals surface area contributed by atoms with E-state index in [1.807, 2.05) is 62.4 Å². The normalized spacial score (nSPS) is 11.6. The summed E-state index contributed by atoms with van der Waals surface area (Å²) in [6.45, 7) is 9.04. The van der Waals surface area contributed by atoms with Crippen LogP contribution in [-0.4, -0.2) is 35.9 Å². The number of carbonyl (C=O) groups excluding carboxylic acids is 2. The molecule has 2 rings (SSSR count). The van der Waals surface area contributed by atoms with Gasteiger partial charge in [-0.05, 0) is 55.0 Å². The molecule has 0 radical (unpaired) electrons. The topological polar surface area (TPSA) is 58.6 Å². The van der Waals surface area contributed by atoms with Gasteiger partial charge in [0.1, 0.15) is 11.8 Å². The van der Waals surface area contributed by atoms with Crippen LogP contribution >= 0.6 is 0 Å². The summed E-state index contributed by atoms with van der Waals surface area (Å²) in [4.78, 5) is 27.7. The van der Waals surface area contributed by atoms with Crippen molar-refractivity contribution < 1.29 is 14.3 Å². The highest BCUT2D eigenvalue weighted by molar-refractivity contribution is 5.88. The van der Waals surface area contributed by atoms with Gasteiger partial charge in [0.25, 0.3) is 5.91 Å². The molecule has 2 amide bonds. The molecule has 0 spiro atoms. The number of hydrogen-bond acceptors (Lipinski definition) is 3. The van der Waals surface area contributed by atoms with Crippen molar-refractivity contribution in [2.24, 2.45) is 0 Å². The largest absolute Gasteiger partial charge is 0.484 e. The molecule has 5 nitrogen and oxygen atoms in total. The van der Waals surface area contributed by atoms with E-state index in [0.29, 0.717) is 25.3 Å². The van der Waals surface area contributed by atoms with E-state index in [9.17, 15) is 9.59 Å². The minimum atomic E-state index is -0.532. The molecule has 2 aromatic rings. The molecule has 1 N–H and O–H groups in total. The van der Waals surface area contributed by atoms with E-state index >= 15 is 0 Å². The third kappa shape index (κ3) is 7.42. The maximum atomic E-state index is 13.2. The zero-order valence-corrected chi connectivity index (χ0v) is 19.3.